The van der Waals surface area contributed by atoms with E-state index in [9.17, 15) is 0 Å². The summed E-state index contributed by atoms with van der Waals surface area (Å²) in [5.74, 6) is 0. The molecule has 2 nitrogen and oxygen atoms in total. The minimum absolute atomic E-state index is 0.421. The van der Waals surface area contributed by atoms with Gasteiger partial charge in [-0.2, -0.15) is 0 Å². The molecular weight excluding hydrogens is 88.1 g/mol. The van der Waals surface area contributed by atoms with Crippen LogP contribution in [0.2, 0.25) is 0 Å². The Morgan fingerprint density at radius 2 is 2.00 bits per heavy atom. The van der Waals surface area contributed by atoms with Crippen LogP contribution in [-0.2, 0) is 0 Å². The summed E-state index contributed by atoms with van der Waals surface area (Å²) < 4.78 is 1.67. The fourth-order valence-corrected chi connectivity index (χ4v) is 0.231. The second-order valence-electron chi connectivity index (χ2n) is 1.73. The Kier molecular flexibility index (Phi) is 2.41. The summed E-state index contributed by atoms with van der Waals surface area (Å²) in [6.07, 6.45) is 0. The minimum atomic E-state index is 0.421. The lowest BCUT2D eigenvalue weighted by molar-refractivity contribution is -0.501. The normalized spacial score (nSPS) is 9.14. The van der Waals surface area contributed by atoms with E-state index < -0.39 is 0 Å². The van der Waals surface area contributed by atoms with E-state index in [4.69, 9.17) is 0 Å². The first-order chi connectivity index (χ1) is 3.18. The second-order valence-corrected chi connectivity index (χ2v) is 1.73. The summed E-state index contributed by atoms with van der Waals surface area (Å²) in [6, 6.07) is 0.421. The Balaban J connectivity index is 3.35. The maximum absolute atomic E-state index is 3.81. The van der Waals surface area contributed by atoms with E-state index in [0.717, 1.165) is 0 Å². The van der Waals surface area contributed by atoms with Crippen LogP contribution in [-0.4, -0.2) is 24.5 Å². The zero-order valence-corrected chi connectivity index (χ0v) is 5.18. The molecular formula is C5H12N2. The number of hydrogen-bond donors (Lipinski definition) is 0. The average molecular weight is 100 g/mol. The molecule has 0 fully saturated rings. The van der Waals surface area contributed by atoms with Crippen molar-refractivity contribution < 1.29 is 4.68 Å². The van der Waals surface area contributed by atoms with E-state index in [2.05, 4.69) is 12.1 Å². The van der Waals surface area contributed by atoms with Crippen LogP contribution in [0.3, 0.4) is 0 Å². The summed E-state index contributed by atoms with van der Waals surface area (Å²) in [5, 5.41) is 0. The van der Waals surface area contributed by atoms with Crippen molar-refractivity contribution in [3.8, 4) is 0 Å². The van der Waals surface area contributed by atoms with Crippen molar-refractivity contribution in [1.29, 1.82) is 0 Å². The van der Waals surface area contributed by atoms with Crippen molar-refractivity contribution in [2.75, 3.05) is 7.05 Å². The van der Waals surface area contributed by atoms with Crippen molar-refractivity contribution in [3.05, 3.63) is 5.43 Å². The van der Waals surface area contributed by atoms with Gasteiger partial charge in [-0.25, -0.2) is 0 Å². The third-order valence-corrected chi connectivity index (χ3v) is 0.853. The molecule has 0 aliphatic heterocycles. The Hall–Kier alpha value is -0.530. The highest BCUT2D eigenvalue weighted by Gasteiger charge is 1.91. The van der Waals surface area contributed by atoms with Crippen LogP contribution in [0.25, 0.3) is 5.43 Å². The molecule has 0 aromatic carbocycles. The SMILES string of the molecule is C=[N+]([N-]C)C(C)C. The third-order valence-electron chi connectivity index (χ3n) is 0.853. The lowest BCUT2D eigenvalue weighted by atomic mass is 10.4. The lowest BCUT2D eigenvalue weighted by Gasteiger charge is -2.12. The fourth-order valence-electron chi connectivity index (χ4n) is 0.231. The predicted octanol–water partition coefficient (Wildman–Crippen LogP) is 1.03. The van der Waals surface area contributed by atoms with Crippen molar-refractivity contribution in [2.24, 2.45) is 0 Å². The van der Waals surface area contributed by atoms with Gasteiger partial charge < -0.3 is 5.43 Å². The van der Waals surface area contributed by atoms with Crippen molar-refractivity contribution in [2.45, 2.75) is 19.9 Å². The molecule has 0 amide bonds. The van der Waals surface area contributed by atoms with Gasteiger partial charge in [-0.1, -0.05) is 7.05 Å². The van der Waals surface area contributed by atoms with E-state index in [1.54, 1.807) is 11.7 Å². The van der Waals surface area contributed by atoms with Gasteiger partial charge in [0.25, 0.3) is 0 Å². The third kappa shape index (κ3) is 2.20. The average Bonchev–Trinajstić information content (AvgIpc) is 1.65. The van der Waals surface area contributed by atoms with E-state index in [1.807, 2.05) is 13.8 Å². The molecule has 0 bridgehead atoms. The highest BCUT2D eigenvalue weighted by molar-refractivity contribution is 5.15. The van der Waals surface area contributed by atoms with E-state index in [1.165, 1.54) is 0 Å². The molecule has 0 N–H and O–H groups in total. The highest BCUT2D eigenvalue weighted by Crippen LogP contribution is 1.88. The molecule has 7 heavy (non-hydrogen) atoms. The Labute approximate surface area is 44.8 Å². The maximum Gasteiger partial charge on any atom is 0.141 e. The zero-order valence-electron chi connectivity index (χ0n) is 5.18. The molecule has 0 heterocycles. The lowest BCUT2D eigenvalue weighted by Crippen LogP contribution is -2.12. The first kappa shape index (κ1) is 6.47. The van der Waals surface area contributed by atoms with E-state index in [0.29, 0.717) is 6.04 Å². The van der Waals surface area contributed by atoms with Gasteiger partial charge in [0.05, 0.1) is 0 Å². The zero-order chi connectivity index (χ0) is 5.86. The van der Waals surface area contributed by atoms with Gasteiger partial charge in [0.15, 0.2) is 0 Å². The Bertz CT molecular complexity index is 66.5. The predicted molar refractivity (Wildman–Crippen MR) is 31.8 cm³/mol. The smallest absolute Gasteiger partial charge is 0.141 e. The van der Waals surface area contributed by atoms with E-state index in [-0.39, 0.29) is 0 Å². The molecule has 0 saturated heterocycles. The number of rotatable bonds is 2. The van der Waals surface area contributed by atoms with Crippen molar-refractivity contribution in [3.63, 3.8) is 0 Å². The van der Waals surface area contributed by atoms with Crippen LogP contribution in [0.15, 0.2) is 0 Å². The topological polar surface area (TPSA) is 17.1 Å². The molecule has 0 atom stereocenters. The van der Waals surface area contributed by atoms with Crippen LogP contribution < -0.4 is 0 Å². The van der Waals surface area contributed by atoms with Gasteiger partial charge >= 0.3 is 0 Å². The molecule has 0 aliphatic rings. The summed E-state index contributed by atoms with van der Waals surface area (Å²) in [6.45, 7) is 7.71. The molecule has 0 aromatic rings. The molecule has 0 saturated carbocycles. The largest absolute Gasteiger partial charge is 0.444 e. The number of nitrogens with zero attached hydrogens (tertiary/aromatic N) is 2. The quantitative estimate of drug-likeness (QED) is 0.280. The van der Waals surface area contributed by atoms with Crippen LogP contribution in [0.5, 0.6) is 0 Å². The molecule has 0 radical (unpaired) electrons. The molecule has 0 aromatic heterocycles. The van der Waals surface area contributed by atoms with Crippen LogP contribution in [0, 0.1) is 0 Å². The molecule has 2 heteroatoms. The van der Waals surface area contributed by atoms with E-state index >= 15 is 0 Å². The van der Waals surface area contributed by atoms with Gasteiger partial charge in [0.2, 0.25) is 0 Å². The summed E-state index contributed by atoms with van der Waals surface area (Å²) in [4.78, 5) is 0. The number of hydrogen-bond acceptors (Lipinski definition) is 0. The standard InChI is InChI=1S/C5H12N2/c1-5(2)7(4)6-3/h5H,4H2,1-3H3. The second kappa shape index (κ2) is 2.61. The van der Waals surface area contributed by atoms with Gasteiger partial charge in [-0.15, -0.1) is 0 Å². The minimum Gasteiger partial charge on any atom is -0.444 e. The van der Waals surface area contributed by atoms with Crippen molar-refractivity contribution >= 4 is 6.72 Å². The molecule has 0 spiro atoms. The summed E-state index contributed by atoms with van der Waals surface area (Å²) in [5.41, 5.74) is 3.81. The van der Waals surface area contributed by atoms with Crippen molar-refractivity contribution in [1.82, 2.24) is 0 Å². The van der Waals surface area contributed by atoms with Gasteiger partial charge in [0.1, 0.15) is 12.8 Å². The Morgan fingerprint density at radius 1 is 1.57 bits per heavy atom. The van der Waals surface area contributed by atoms with Gasteiger partial charge in [-0.3, -0.25) is 4.68 Å². The highest BCUT2D eigenvalue weighted by atomic mass is 15.4. The van der Waals surface area contributed by atoms with Crippen LogP contribution >= 0.6 is 0 Å². The van der Waals surface area contributed by atoms with Gasteiger partial charge in [-0.05, 0) is 13.8 Å². The maximum atomic E-state index is 3.81. The Morgan fingerprint density at radius 3 is 2.00 bits per heavy atom. The first-order valence-electron chi connectivity index (χ1n) is 2.38. The molecule has 0 unspecified atom stereocenters. The van der Waals surface area contributed by atoms with Gasteiger partial charge in [0, 0.05) is 0 Å². The monoisotopic (exact) mass is 100 g/mol. The summed E-state index contributed by atoms with van der Waals surface area (Å²) >= 11 is 0. The molecule has 42 valence electrons. The van der Waals surface area contributed by atoms with Crippen LogP contribution in [0.1, 0.15) is 13.8 Å². The molecule has 0 rings (SSSR count). The van der Waals surface area contributed by atoms with Crippen LogP contribution in [0.4, 0.5) is 0 Å². The molecule has 0 aliphatic carbocycles. The fraction of sp³-hybridized carbons (Fsp3) is 0.800. The first-order valence-corrected chi connectivity index (χ1v) is 2.38. The summed E-state index contributed by atoms with van der Waals surface area (Å²) in [7, 11) is 1.73.